The van der Waals surface area contributed by atoms with Crippen molar-refractivity contribution in [3.05, 3.63) is 35.4 Å². The first-order chi connectivity index (χ1) is 7.53. The lowest BCUT2D eigenvalue weighted by atomic mass is 9.95. The topological polar surface area (TPSA) is 20.2 Å². The van der Waals surface area contributed by atoms with E-state index in [9.17, 15) is 13.9 Å². The predicted octanol–water partition coefficient (Wildman–Crippen LogP) is 2.80. The molecule has 0 fully saturated rings. The van der Waals surface area contributed by atoms with Gasteiger partial charge in [-0.2, -0.15) is 0 Å². The molecule has 1 aromatic carbocycles. The van der Waals surface area contributed by atoms with Gasteiger partial charge in [-0.15, -0.1) is 17.5 Å². The van der Waals surface area contributed by atoms with E-state index in [0.29, 0.717) is 12.5 Å². The molecule has 1 atom stereocenters. The van der Waals surface area contributed by atoms with Crippen molar-refractivity contribution in [2.45, 2.75) is 18.9 Å². The fraction of sp³-hybridized carbons (Fsp3) is 0.333. The molecule has 1 N–H and O–H groups in total. The molecule has 4 heteroatoms. The van der Waals surface area contributed by atoms with Crippen LogP contribution in [0.5, 0.6) is 0 Å². The number of rotatable bonds is 2. The van der Waals surface area contributed by atoms with Crippen molar-refractivity contribution < 1.29 is 13.9 Å². The summed E-state index contributed by atoms with van der Waals surface area (Å²) >= 11 is 5.58. The summed E-state index contributed by atoms with van der Waals surface area (Å²) < 4.78 is 26.1. The number of hydrogen-bond donors (Lipinski definition) is 1. The average molecular weight is 245 g/mol. The summed E-state index contributed by atoms with van der Waals surface area (Å²) in [5.74, 6) is 3.28. The molecule has 86 valence electrons. The molecule has 0 aliphatic rings. The third kappa shape index (κ3) is 2.72. The predicted molar refractivity (Wildman–Crippen MR) is 59.0 cm³/mol. The first-order valence-corrected chi connectivity index (χ1v) is 5.31. The summed E-state index contributed by atoms with van der Waals surface area (Å²) in [5, 5.41) is 10.0. The van der Waals surface area contributed by atoms with Crippen LogP contribution in [-0.2, 0) is 5.60 Å². The average Bonchev–Trinajstić information content (AvgIpc) is 2.26. The zero-order valence-corrected chi connectivity index (χ0v) is 9.48. The smallest absolute Gasteiger partial charge is 0.167 e. The molecule has 16 heavy (non-hydrogen) atoms. The van der Waals surface area contributed by atoms with Gasteiger partial charge in [0.15, 0.2) is 5.60 Å². The lowest BCUT2D eigenvalue weighted by Crippen LogP contribution is -2.27. The molecule has 0 aliphatic heterocycles. The Morgan fingerprint density at radius 3 is 2.62 bits per heavy atom. The second-order valence-corrected chi connectivity index (χ2v) is 3.54. The molecule has 1 unspecified atom stereocenters. The van der Waals surface area contributed by atoms with E-state index in [1.165, 1.54) is 0 Å². The largest absolute Gasteiger partial charge is 0.372 e. The first kappa shape index (κ1) is 13.0. The highest BCUT2D eigenvalue weighted by Gasteiger charge is 2.29. The van der Waals surface area contributed by atoms with E-state index in [1.807, 2.05) is 0 Å². The molecule has 1 aromatic rings. The van der Waals surface area contributed by atoms with Crippen molar-refractivity contribution in [3.8, 4) is 11.8 Å². The Morgan fingerprint density at radius 2 is 2.12 bits per heavy atom. The van der Waals surface area contributed by atoms with Gasteiger partial charge in [0.2, 0.25) is 0 Å². The third-order valence-corrected chi connectivity index (χ3v) is 2.43. The lowest BCUT2D eigenvalue weighted by Gasteiger charge is -2.20. The Morgan fingerprint density at radius 1 is 1.44 bits per heavy atom. The number of alkyl halides is 1. The minimum Gasteiger partial charge on any atom is -0.372 e. The van der Waals surface area contributed by atoms with Crippen molar-refractivity contribution in [1.29, 1.82) is 0 Å². The van der Waals surface area contributed by atoms with E-state index in [0.717, 1.165) is 12.1 Å². The van der Waals surface area contributed by atoms with Gasteiger partial charge in [-0.1, -0.05) is 12.8 Å². The van der Waals surface area contributed by atoms with Gasteiger partial charge in [0.25, 0.3) is 0 Å². The Hall–Kier alpha value is -1.11. The van der Waals surface area contributed by atoms with Crippen molar-refractivity contribution in [1.82, 2.24) is 0 Å². The zero-order chi connectivity index (χ0) is 12.2. The quantitative estimate of drug-likeness (QED) is 0.627. The summed E-state index contributed by atoms with van der Waals surface area (Å²) in [6.07, 6.45) is 0.516. The van der Waals surface area contributed by atoms with E-state index in [2.05, 4.69) is 11.8 Å². The summed E-state index contributed by atoms with van der Waals surface area (Å²) in [4.78, 5) is 0. The number of aliphatic hydroxyl groups is 1. The number of halogens is 3. The van der Waals surface area contributed by atoms with Crippen LogP contribution >= 0.6 is 11.6 Å². The molecule has 1 nitrogen and oxygen atoms in total. The SMILES string of the molecule is CCC#CC(O)(CCl)c1ccc(F)cc1F. The first-order valence-electron chi connectivity index (χ1n) is 4.77. The standard InChI is InChI=1S/C12H11ClF2O/c1-2-3-6-12(16,8-13)10-5-4-9(14)7-11(10)15/h4-5,7,16H,2,8H2,1H3. The van der Waals surface area contributed by atoms with Crippen LogP contribution in [0.4, 0.5) is 8.78 Å². The van der Waals surface area contributed by atoms with E-state index < -0.39 is 17.2 Å². The second kappa shape index (κ2) is 5.29. The van der Waals surface area contributed by atoms with Gasteiger partial charge in [0, 0.05) is 18.1 Å². The molecular formula is C12H11ClF2O. The van der Waals surface area contributed by atoms with E-state index in [-0.39, 0.29) is 11.4 Å². The summed E-state index contributed by atoms with van der Waals surface area (Å²) in [7, 11) is 0. The minimum atomic E-state index is -1.77. The maximum atomic E-state index is 13.4. The lowest BCUT2D eigenvalue weighted by molar-refractivity contribution is 0.121. The van der Waals surface area contributed by atoms with E-state index in [4.69, 9.17) is 11.6 Å². The fourth-order valence-electron chi connectivity index (χ4n) is 1.23. The highest BCUT2D eigenvalue weighted by atomic mass is 35.5. The summed E-state index contributed by atoms with van der Waals surface area (Å²) in [6.45, 7) is 1.79. The second-order valence-electron chi connectivity index (χ2n) is 3.27. The number of benzene rings is 1. The van der Waals surface area contributed by atoms with Gasteiger partial charge in [0.1, 0.15) is 11.6 Å². The molecule has 0 spiro atoms. The fourth-order valence-corrected chi connectivity index (χ4v) is 1.44. The van der Waals surface area contributed by atoms with Crippen molar-refractivity contribution in [2.75, 3.05) is 5.88 Å². The molecule has 0 amide bonds. The van der Waals surface area contributed by atoms with Crippen LogP contribution in [0.1, 0.15) is 18.9 Å². The van der Waals surface area contributed by atoms with Crippen LogP contribution < -0.4 is 0 Å². The van der Waals surface area contributed by atoms with Crippen LogP contribution in [0.25, 0.3) is 0 Å². The van der Waals surface area contributed by atoms with Crippen molar-refractivity contribution in [2.24, 2.45) is 0 Å². The van der Waals surface area contributed by atoms with Crippen LogP contribution in [0.2, 0.25) is 0 Å². The number of hydrogen-bond acceptors (Lipinski definition) is 1. The van der Waals surface area contributed by atoms with Gasteiger partial charge < -0.3 is 5.11 Å². The van der Waals surface area contributed by atoms with Crippen molar-refractivity contribution in [3.63, 3.8) is 0 Å². The van der Waals surface area contributed by atoms with Crippen LogP contribution in [-0.4, -0.2) is 11.0 Å². The molecular weight excluding hydrogens is 234 g/mol. The summed E-state index contributed by atoms with van der Waals surface area (Å²) in [5.41, 5.74) is -1.88. The molecule has 0 heterocycles. The highest BCUT2D eigenvalue weighted by Crippen LogP contribution is 2.25. The molecule has 0 saturated heterocycles. The zero-order valence-electron chi connectivity index (χ0n) is 8.73. The maximum absolute atomic E-state index is 13.4. The maximum Gasteiger partial charge on any atom is 0.167 e. The van der Waals surface area contributed by atoms with Gasteiger partial charge in [-0.05, 0) is 12.1 Å². The Balaban J connectivity index is 3.22. The van der Waals surface area contributed by atoms with Crippen LogP contribution in [0, 0.1) is 23.5 Å². The van der Waals surface area contributed by atoms with E-state index >= 15 is 0 Å². The molecule has 0 aromatic heterocycles. The summed E-state index contributed by atoms with van der Waals surface area (Å²) in [6, 6.07) is 2.90. The molecule has 0 radical (unpaired) electrons. The molecule has 0 bridgehead atoms. The molecule has 0 aliphatic carbocycles. The monoisotopic (exact) mass is 244 g/mol. The Labute approximate surface area is 98.0 Å². The van der Waals surface area contributed by atoms with Gasteiger partial charge in [-0.25, -0.2) is 8.78 Å². The van der Waals surface area contributed by atoms with Crippen LogP contribution in [0.3, 0.4) is 0 Å². The van der Waals surface area contributed by atoms with Crippen LogP contribution in [0.15, 0.2) is 18.2 Å². The van der Waals surface area contributed by atoms with Gasteiger partial charge in [-0.3, -0.25) is 0 Å². The van der Waals surface area contributed by atoms with Crippen molar-refractivity contribution >= 4 is 11.6 Å². The highest BCUT2D eigenvalue weighted by molar-refractivity contribution is 6.18. The van der Waals surface area contributed by atoms with Gasteiger partial charge >= 0.3 is 0 Å². The van der Waals surface area contributed by atoms with E-state index in [1.54, 1.807) is 6.92 Å². The Kier molecular flexibility index (Phi) is 4.28. The normalized spacial score (nSPS) is 13.8. The molecule has 0 saturated carbocycles. The third-order valence-electron chi connectivity index (χ3n) is 2.04. The Bertz CT molecular complexity index is 436. The molecule has 1 rings (SSSR count). The van der Waals surface area contributed by atoms with Gasteiger partial charge in [0.05, 0.1) is 5.88 Å². The minimum absolute atomic E-state index is 0.107.